The highest BCUT2D eigenvalue weighted by molar-refractivity contribution is 5.73. The first-order valence-corrected chi connectivity index (χ1v) is 4.29. The van der Waals surface area contributed by atoms with Gasteiger partial charge in [0.05, 0.1) is 6.10 Å². The molecule has 0 spiro atoms. The van der Waals surface area contributed by atoms with E-state index in [1.807, 2.05) is 0 Å². The fourth-order valence-electron chi connectivity index (χ4n) is 1.74. The number of carbonyl (C=O) groups is 1. The average Bonchev–Trinajstić information content (AvgIpc) is 2.04. The molecule has 4 heteroatoms. The number of aliphatic hydroxyl groups is 1. The summed E-state index contributed by atoms with van der Waals surface area (Å²) in [5.41, 5.74) is 5.42. The van der Waals surface area contributed by atoms with Crippen molar-refractivity contribution in [3.63, 3.8) is 0 Å². The largest absolute Gasteiger partial charge is 0.480 e. The lowest BCUT2D eigenvalue weighted by molar-refractivity contribution is -0.141. The molecule has 0 amide bonds. The van der Waals surface area contributed by atoms with Crippen LogP contribution in [0.15, 0.2) is 0 Å². The van der Waals surface area contributed by atoms with Gasteiger partial charge in [-0.2, -0.15) is 0 Å². The molecule has 1 fully saturated rings. The van der Waals surface area contributed by atoms with Crippen molar-refractivity contribution in [2.24, 2.45) is 11.7 Å². The number of hydrogen-bond donors (Lipinski definition) is 3. The number of nitrogens with two attached hydrogens (primary N) is 1. The standard InChI is InChI=1S/C8H15NO3/c9-7(8(11)12)5-3-1-2-4-6(5)10/h5-7,10H,1-4,9H2,(H,11,12)/t5-,6-,7?/m0/s1. The molecule has 70 valence electrons. The third-order valence-corrected chi connectivity index (χ3v) is 2.53. The maximum Gasteiger partial charge on any atom is 0.320 e. The number of carboxylic acids is 1. The Kier molecular flexibility index (Phi) is 3.05. The molecule has 0 aromatic heterocycles. The molecule has 1 aliphatic carbocycles. The van der Waals surface area contributed by atoms with Gasteiger partial charge in [0.15, 0.2) is 0 Å². The molecule has 1 saturated carbocycles. The van der Waals surface area contributed by atoms with Crippen molar-refractivity contribution < 1.29 is 15.0 Å². The molecule has 1 rings (SSSR count). The Morgan fingerprint density at radius 3 is 2.50 bits per heavy atom. The predicted molar refractivity (Wildman–Crippen MR) is 43.6 cm³/mol. The molecule has 1 unspecified atom stereocenters. The molecule has 0 aromatic carbocycles. The van der Waals surface area contributed by atoms with Crippen LogP contribution in [0.4, 0.5) is 0 Å². The Bertz CT molecular complexity index is 172. The SMILES string of the molecule is NC(C(=O)O)[C@H]1CCCC[C@@H]1O. The van der Waals surface area contributed by atoms with E-state index in [0.717, 1.165) is 19.3 Å². The maximum atomic E-state index is 10.5. The molecule has 12 heavy (non-hydrogen) atoms. The molecule has 4 N–H and O–H groups in total. The third-order valence-electron chi connectivity index (χ3n) is 2.53. The lowest BCUT2D eigenvalue weighted by atomic mass is 9.82. The zero-order valence-electron chi connectivity index (χ0n) is 6.94. The maximum absolute atomic E-state index is 10.5. The molecule has 0 saturated heterocycles. The van der Waals surface area contributed by atoms with Crippen LogP contribution in [-0.4, -0.2) is 28.3 Å². The van der Waals surface area contributed by atoms with Gasteiger partial charge in [-0.1, -0.05) is 12.8 Å². The number of aliphatic carboxylic acids is 1. The van der Waals surface area contributed by atoms with E-state index in [2.05, 4.69) is 0 Å². The van der Waals surface area contributed by atoms with Crippen molar-refractivity contribution in [3.8, 4) is 0 Å². The van der Waals surface area contributed by atoms with Gasteiger partial charge in [0, 0.05) is 5.92 Å². The van der Waals surface area contributed by atoms with Crippen molar-refractivity contribution in [3.05, 3.63) is 0 Å². The Labute approximate surface area is 71.4 Å². The van der Waals surface area contributed by atoms with E-state index in [1.165, 1.54) is 0 Å². The number of aliphatic hydroxyl groups excluding tert-OH is 1. The number of hydrogen-bond acceptors (Lipinski definition) is 3. The van der Waals surface area contributed by atoms with Crippen molar-refractivity contribution in [1.29, 1.82) is 0 Å². The van der Waals surface area contributed by atoms with Crippen molar-refractivity contribution >= 4 is 5.97 Å². The fraction of sp³-hybridized carbons (Fsp3) is 0.875. The zero-order valence-corrected chi connectivity index (χ0v) is 6.94. The summed E-state index contributed by atoms with van der Waals surface area (Å²) in [6, 6.07) is -0.903. The average molecular weight is 173 g/mol. The topological polar surface area (TPSA) is 83.6 Å². The lowest BCUT2D eigenvalue weighted by Gasteiger charge is -2.29. The van der Waals surface area contributed by atoms with Gasteiger partial charge >= 0.3 is 5.97 Å². The van der Waals surface area contributed by atoms with E-state index in [1.54, 1.807) is 0 Å². The van der Waals surface area contributed by atoms with Gasteiger partial charge in [-0.15, -0.1) is 0 Å². The third kappa shape index (κ3) is 1.95. The van der Waals surface area contributed by atoms with Crippen LogP contribution in [0.2, 0.25) is 0 Å². The summed E-state index contributed by atoms with van der Waals surface area (Å²) in [6.45, 7) is 0. The molecular weight excluding hydrogens is 158 g/mol. The Morgan fingerprint density at radius 1 is 1.42 bits per heavy atom. The van der Waals surface area contributed by atoms with Crippen LogP contribution >= 0.6 is 0 Å². The van der Waals surface area contributed by atoms with Crippen LogP contribution in [0.25, 0.3) is 0 Å². The molecule has 0 radical (unpaired) electrons. The van der Waals surface area contributed by atoms with Gasteiger partial charge in [0.2, 0.25) is 0 Å². The van der Waals surface area contributed by atoms with Gasteiger partial charge in [0.25, 0.3) is 0 Å². The second-order valence-electron chi connectivity index (χ2n) is 3.38. The fourth-order valence-corrected chi connectivity index (χ4v) is 1.74. The number of rotatable bonds is 2. The summed E-state index contributed by atoms with van der Waals surface area (Å²) in [5.74, 6) is -1.27. The van der Waals surface area contributed by atoms with Crippen LogP contribution in [0.5, 0.6) is 0 Å². The minimum atomic E-state index is -1.01. The lowest BCUT2D eigenvalue weighted by Crippen LogP contribution is -2.45. The zero-order chi connectivity index (χ0) is 9.14. The first-order valence-electron chi connectivity index (χ1n) is 4.29. The molecule has 3 atom stereocenters. The quantitative estimate of drug-likeness (QED) is 0.546. The summed E-state index contributed by atoms with van der Waals surface area (Å²) in [7, 11) is 0. The molecule has 0 aromatic rings. The minimum Gasteiger partial charge on any atom is -0.480 e. The van der Waals surface area contributed by atoms with Crippen LogP contribution in [-0.2, 0) is 4.79 Å². The minimum absolute atomic E-state index is 0.253. The first-order chi connectivity index (χ1) is 5.63. The van der Waals surface area contributed by atoms with E-state index in [4.69, 9.17) is 10.8 Å². The van der Waals surface area contributed by atoms with Crippen molar-refractivity contribution in [2.45, 2.75) is 37.8 Å². The van der Waals surface area contributed by atoms with E-state index in [-0.39, 0.29) is 5.92 Å². The molecular formula is C8H15NO3. The summed E-state index contributed by atoms with van der Waals surface area (Å²) in [5, 5.41) is 18.1. The van der Waals surface area contributed by atoms with Gasteiger partial charge in [0.1, 0.15) is 6.04 Å². The van der Waals surface area contributed by atoms with Gasteiger partial charge < -0.3 is 15.9 Å². The van der Waals surface area contributed by atoms with E-state index < -0.39 is 18.1 Å². The summed E-state index contributed by atoms with van der Waals surface area (Å²) in [4.78, 5) is 10.5. The Balaban J connectivity index is 2.53. The highest BCUT2D eigenvalue weighted by Gasteiger charge is 2.32. The molecule has 0 heterocycles. The van der Waals surface area contributed by atoms with Crippen LogP contribution in [0, 0.1) is 5.92 Å². The van der Waals surface area contributed by atoms with Crippen molar-refractivity contribution in [2.75, 3.05) is 0 Å². The van der Waals surface area contributed by atoms with Crippen LogP contribution in [0.3, 0.4) is 0 Å². The van der Waals surface area contributed by atoms with Gasteiger partial charge in [-0.05, 0) is 12.8 Å². The Hall–Kier alpha value is -0.610. The van der Waals surface area contributed by atoms with E-state index in [9.17, 15) is 9.90 Å². The monoisotopic (exact) mass is 173 g/mol. The second kappa shape index (κ2) is 3.87. The highest BCUT2D eigenvalue weighted by Crippen LogP contribution is 2.26. The molecule has 1 aliphatic rings. The van der Waals surface area contributed by atoms with Gasteiger partial charge in [-0.25, -0.2) is 0 Å². The van der Waals surface area contributed by atoms with Crippen LogP contribution in [0.1, 0.15) is 25.7 Å². The van der Waals surface area contributed by atoms with E-state index >= 15 is 0 Å². The Morgan fingerprint density at radius 2 is 2.00 bits per heavy atom. The second-order valence-corrected chi connectivity index (χ2v) is 3.38. The summed E-state index contributed by atoms with van der Waals surface area (Å²) < 4.78 is 0. The van der Waals surface area contributed by atoms with Gasteiger partial charge in [-0.3, -0.25) is 4.79 Å². The first kappa shape index (κ1) is 9.48. The number of carboxylic acid groups (broad SMARTS) is 1. The highest BCUT2D eigenvalue weighted by atomic mass is 16.4. The molecule has 0 aliphatic heterocycles. The smallest absolute Gasteiger partial charge is 0.320 e. The normalized spacial score (nSPS) is 32.8. The summed E-state index contributed by atoms with van der Waals surface area (Å²) in [6.07, 6.45) is 2.84. The summed E-state index contributed by atoms with van der Waals surface area (Å²) >= 11 is 0. The van der Waals surface area contributed by atoms with Crippen LogP contribution < -0.4 is 5.73 Å². The van der Waals surface area contributed by atoms with Crippen molar-refractivity contribution in [1.82, 2.24) is 0 Å². The molecule has 0 bridgehead atoms. The predicted octanol–water partition coefficient (Wildman–Crippen LogP) is -0.0506. The molecule has 4 nitrogen and oxygen atoms in total. The van der Waals surface area contributed by atoms with E-state index in [0.29, 0.717) is 6.42 Å².